The molecule has 2 N–H and O–H groups in total. The van der Waals surface area contributed by atoms with Crippen molar-refractivity contribution in [1.29, 1.82) is 0 Å². The summed E-state index contributed by atoms with van der Waals surface area (Å²) in [5, 5.41) is 0. The van der Waals surface area contributed by atoms with Crippen molar-refractivity contribution < 1.29 is 9.53 Å². The van der Waals surface area contributed by atoms with E-state index in [0.717, 1.165) is 5.56 Å². The first-order valence-electron chi connectivity index (χ1n) is 5.00. The fourth-order valence-corrected chi connectivity index (χ4v) is 1.63. The molecule has 0 bridgehead atoms. The van der Waals surface area contributed by atoms with Gasteiger partial charge in [0.1, 0.15) is 5.60 Å². The van der Waals surface area contributed by atoms with Crippen LogP contribution in [-0.2, 0) is 4.74 Å². The van der Waals surface area contributed by atoms with Gasteiger partial charge in [0.2, 0.25) is 0 Å². The fourth-order valence-electron chi connectivity index (χ4n) is 1.30. The van der Waals surface area contributed by atoms with Crippen LogP contribution in [0.5, 0.6) is 0 Å². The van der Waals surface area contributed by atoms with Gasteiger partial charge in [0.25, 0.3) is 0 Å². The van der Waals surface area contributed by atoms with Gasteiger partial charge in [-0.15, -0.1) is 0 Å². The molecule has 0 aliphatic rings. The maximum atomic E-state index is 11.9. The van der Waals surface area contributed by atoms with Crippen molar-refractivity contribution in [1.82, 2.24) is 0 Å². The highest BCUT2D eigenvalue weighted by Crippen LogP contribution is 2.27. The molecule has 0 heterocycles. The molecule has 3 nitrogen and oxygen atoms in total. The Kier molecular flexibility index (Phi) is 3.63. The summed E-state index contributed by atoms with van der Waals surface area (Å²) < 4.78 is 6.01. The number of rotatable bonds is 1. The van der Waals surface area contributed by atoms with Crippen LogP contribution in [0.4, 0.5) is 5.69 Å². The topological polar surface area (TPSA) is 52.3 Å². The van der Waals surface area contributed by atoms with Crippen molar-refractivity contribution in [3.05, 3.63) is 27.7 Å². The van der Waals surface area contributed by atoms with E-state index in [-0.39, 0.29) is 5.97 Å². The van der Waals surface area contributed by atoms with Gasteiger partial charge in [0.15, 0.2) is 0 Å². The molecule has 0 saturated carbocycles. The number of benzene rings is 1. The van der Waals surface area contributed by atoms with Crippen molar-refractivity contribution in [2.24, 2.45) is 0 Å². The average Bonchev–Trinajstić information content (AvgIpc) is 2.09. The Labute approximate surface area is 104 Å². The van der Waals surface area contributed by atoms with Gasteiger partial charge in [0, 0.05) is 4.47 Å². The summed E-state index contributed by atoms with van der Waals surface area (Å²) in [7, 11) is 0. The van der Waals surface area contributed by atoms with Gasteiger partial charge in [-0.05, 0) is 55.3 Å². The maximum absolute atomic E-state index is 11.9. The van der Waals surface area contributed by atoms with Gasteiger partial charge < -0.3 is 10.5 Å². The molecule has 0 saturated heterocycles. The number of halogens is 1. The Morgan fingerprint density at radius 3 is 2.44 bits per heavy atom. The summed E-state index contributed by atoms with van der Waals surface area (Å²) in [6.07, 6.45) is 0. The number of esters is 1. The largest absolute Gasteiger partial charge is 0.456 e. The molecule has 0 aliphatic heterocycles. The van der Waals surface area contributed by atoms with Crippen LogP contribution in [-0.4, -0.2) is 11.6 Å². The van der Waals surface area contributed by atoms with Crippen LogP contribution in [0.1, 0.15) is 36.7 Å². The zero-order valence-electron chi connectivity index (χ0n) is 9.93. The lowest BCUT2D eigenvalue weighted by Gasteiger charge is -2.21. The zero-order valence-corrected chi connectivity index (χ0v) is 11.5. The summed E-state index contributed by atoms with van der Waals surface area (Å²) in [5.41, 5.74) is 7.01. The van der Waals surface area contributed by atoms with E-state index < -0.39 is 5.60 Å². The quantitative estimate of drug-likeness (QED) is 0.636. The molecule has 0 amide bonds. The van der Waals surface area contributed by atoms with E-state index in [9.17, 15) is 4.79 Å². The van der Waals surface area contributed by atoms with Crippen molar-refractivity contribution in [3.8, 4) is 0 Å². The molecular weight excluding hydrogens is 270 g/mol. The normalized spacial score (nSPS) is 11.3. The van der Waals surface area contributed by atoms with E-state index in [1.165, 1.54) is 0 Å². The Balaban J connectivity index is 3.14. The highest BCUT2D eigenvalue weighted by Gasteiger charge is 2.22. The van der Waals surface area contributed by atoms with Gasteiger partial charge in [0.05, 0.1) is 11.3 Å². The first kappa shape index (κ1) is 13.0. The van der Waals surface area contributed by atoms with E-state index >= 15 is 0 Å². The molecule has 0 atom stereocenters. The Hall–Kier alpha value is -1.03. The predicted molar refractivity (Wildman–Crippen MR) is 68.5 cm³/mol. The minimum Gasteiger partial charge on any atom is -0.456 e. The van der Waals surface area contributed by atoms with Crippen molar-refractivity contribution in [3.63, 3.8) is 0 Å². The second kappa shape index (κ2) is 4.45. The van der Waals surface area contributed by atoms with Crippen LogP contribution in [0.2, 0.25) is 0 Å². The summed E-state index contributed by atoms with van der Waals surface area (Å²) in [6, 6.07) is 3.65. The average molecular weight is 286 g/mol. The van der Waals surface area contributed by atoms with E-state index in [4.69, 9.17) is 10.5 Å². The molecule has 4 heteroatoms. The van der Waals surface area contributed by atoms with Crippen LogP contribution in [0, 0.1) is 6.92 Å². The lowest BCUT2D eigenvalue weighted by molar-refractivity contribution is 0.00700. The van der Waals surface area contributed by atoms with Crippen molar-refractivity contribution >= 4 is 27.6 Å². The molecule has 0 spiro atoms. The lowest BCUT2D eigenvalue weighted by Crippen LogP contribution is -2.25. The van der Waals surface area contributed by atoms with Crippen LogP contribution in [0.25, 0.3) is 0 Å². The fraction of sp³-hybridized carbons (Fsp3) is 0.417. The van der Waals surface area contributed by atoms with Crippen LogP contribution >= 0.6 is 15.9 Å². The monoisotopic (exact) mass is 285 g/mol. The molecular formula is C12H16BrNO2. The summed E-state index contributed by atoms with van der Waals surface area (Å²) in [5.74, 6) is -0.385. The molecule has 1 rings (SSSR count). The maximum Gasteiger partial charge on any atom is 0.341 e. The Morgan fingerprint density at radius 2 is 1.94 bits per heavy atom. The van der Waals surface area contributed by atoms with Crippen LogP contribution in [0.15, 0.2) is 16.6 Å². The second-order valence-corrected chi connectivity index (χ2v) is 5.51. The third kappa shape index (κ3) is 2.98. The molecule has 0 aliphatic carbocycles. The standard InChI is InChI=1S/C12H16BrNO2/c1-7-5-6-8(13)10(14)9(7)11(15)16-12(2,3)4/h5-6H,14H2,1-4H3. The number of nitrogen functional groups attached to an aromatic ring is 1. The summed E-state index contributed by atoms with van der Waals surface area (Å²) in [6.45, 7) is 7.32. The number of hydrogen-bond donors (Lipinski definition) is 1. The third-order valence-corrected chi connectivity index (χ3v) is 2.70. The third-order valence-electron chi connectivity index (χ3n) is 2.00. The van der Waals surface area contributed by atoms with Crippen molar-refractivity contribution in [2.75, 3.05) is 5.73 Å². The van der Waals surface area contributed by atoms with Gasteiger partial charge in [-0.2, -0.15) is 0 Å². The molecule has 1 aromatic rings. The first-order valence-corrected chi connectivity index (χ1v) is 5.79. The summed E-state index contributed by atoms with van der Waals surface area (Å²) >= 11 is 3.30. The first-order chi connectivity index (χ1) is 7.22. The van der Waals surface area contributed by atoms with E-state index in [1.54, 1.807) is 0 Å². The van der Waals surface area contributed by atoms with E-state index in [0.29, 0.717) is 15.7 Å². The molecule has 1 aromatic carbocycles. The smallest absolute Gasteiger partial charge is 0.341 e. The number of nitrogens with two attached hydrogens (primary N) is 1. The number of carbonyl (C=O) groups is 1. The number of ether oxygens (including phenoxy) is 1. The Morgan fingerprint density at radius 1 is 1.38 bits per heavy atom. The predicted octanol–water partition coefficient (Wildman–Crippen LogP) is 3.30. The Bertz CT molecular complexity index is 422. The van der Waals surface area contributed by atoms with Gasteiger partial charge >= 0.3 is 5.97 Å². The SMILES string of the molecule is Cc1ccc(Br)c(N)c1C(=O)OC(C)(C)C. The highest BCUT2D eigenvalue weighted by atomic mass is 79.9. The zero-order chi connectivity index (χ0) is 12.5. The van der Waals surface area contributed by atoms with E-state index in [1.807, 2.05) is 39.8 Å². The molecule has 88 valence electrons. The lowest BCUT2D eigenvalue weighted by atomic mass is 10.1. The van der Waals surface area contributed by atoms with Crippen LogP contribution < -0.4 is 5.73 Å². The van der Waals surface area contributed by atoms with Gasteiger partial charge in [-0.25, -0.2) is 4.79 Å². The molecule has 0 fully saturated rings. The van der Waals surface area contributed by atoms with Crippen molar-refractivity contribution in [2.45, 2.75) is 33.3 Å². The van der Waals surface area contributed by atoms with Gasteiger partial charge in [-0.3, -0.25) is 0 Å². The number of hydrogen-bond acceptors (Lipinski definition) is 3. The number of aryl methyl sites for hydroxylation is 1. The molecule has 0 unspecified atom stereocenters. The molecule has 0 radical (unpaired) electrons. The van der Waals surface area contributed by atoms with E-state index in [2.05, 4.69) is 15.9 Å². The van der Waals surface area contributed by atoms with Crippen LogP contribution in [0.3, 0.4) is 0 Å². The number of anilines is 1. The minimum absolute atomic E-state index is 0.385. The summed E-state index contributed by atoms with van der Waals surface area (Å²) in [4.78, 5) is 11.9. The second-order valence-electron chi connectivity index (χ2n) is 4.65. The molecule has 16 heavy (non-hydrogen) atoms. The van der Waals surface area contributed by atoms with Gasteiger partial charge in [-0.1, -0.05) is 6.07 Å². The minimum atomic E-state index is -0.516. The molecule has 0 aromatic heterocycles. The highest BCUT2D eigenvalue weighted by molar-refractivity contribution is 9.10. The number of carbonyl (C=O) groups excluding carboxylic acids is 1.